The standard InChI is InChI=1S/C11H17NS/c12-8-10(9-4-1-2-5-9)11-6-3-7-13-11/h9-11H,1-7H2. The van der Waals surface area contributed by atoms with Crippen molar-refractivity contribution in [2.45, 2.75) is 43.8 Å². The summed E-state index contributed by atoms with van der Waals surface area (Å²) in [7, 11) is 0. The molecule has 1 aliphatic carbocycles. The molecule has 2 atom stereocenters. The molecule has 1 aliphatic heterocycles. The molecule has 0 bridgehead atoms. The summed E-state index contributed by atoms with van der Waals surface area (Å²) in [5.74, 6) is 2.39. The maximum Gasteiger partial charge on any atom is 0.0670 e. The van der Waals surface area contributed by atoms with Crippen molar-refractivity contribution in [3.05, 3.63) is 0 Å². The van der Waals surface area contributed by atoms with Crippen molar-refractivity contribution in [1.82, 2.24) is 0 Å². The van der Waals surface area contributed by atoms with Crippen LogP contribution in [0.25, 0.3) is 0 Å². The molecule has 2 rings (SSSR count). The van der Waals surface area contributed by atoms with Gasteiger partial charge in [-0.25, -0.2) is 0 Å². The summed E-state index contributed by atoms with van der Waals surface area (Å²) in [6.45, 7) is 0. The Morgan fingerprint density at radius 1 is 1.15 bits per heavy atom. The van der Waals surface area contributed by atoms with Gasteiger partial charge in [-0.15, -0.1) is 0 Å². The molecule has 0 amide bonds. The Bertz CT molecular complexity index is 181. The van der Waals surface area contributed by atoms with E-state index in [1.165, 1.54) is 44.3 Å². The lowest BCUT2D eigenvalue weighted by atomic mass is 9.87. The molecule has 2 aliphatic rings. The summed E-state index contributed by atoms with van der Waals surface area (Å²) < 4.78 is 0. The van der Waals surface area contributed by atoms with E-state index in [2.05, 4.69) is 6.07 Å². The number of rotatable bonds is 2. The molecule has 72 valence electrons. The van der Waals surface area contributed by atoms with E-state index >= 15 is 0 Å². The van der Waals surface area contributed by atoms with Crippen molar-refractivity contribution < 1.29 is 0 Å². The summed E-state index contributed by atoms with van der Waals surface area (Å²) in [5.41, 5.74) is 0. The van der Waals surface area contributed by atoms with Gasteiger partial charge < -0.3 is 0 Å². The fraction of sp³-hybridized carbons (Fsp3) is 0.909. The second-order valence-electron chi connectivity index (χ2n) is 4.25. The van der Waals surface area contributed by atoms with Crippen LogP contribution in [-0.2, 0) is 0 Å². The van der Waals surface area contributed by atoms with Gasteiger partial charge in [-0.3, -0.25) is 0 Å². The SMILES string of the molecule is N#CC(C1CCCC1)C1CCCS1. The van der Waals surface area contributed by atoms with Crippen LogP contribution in [-0.4, -0.2) is 11.0 Å². The monoisotopic (exact) mass is 195 g/mol. The molecule has 2 unspecified atom stereocenters. The predicted molar refractivity (Wildman–Crippen MR) is 56.5 cm³/mol. The van der Waals surface area contributed by atoms with Crippen molar-refractivity contribution in [3.63, 3.8) is 0 Å². The van der Waals surface area contributed by atoms with E-state index in [0.29, 0.717) is 11.2 Å². The van der Waals surface area contributed by atoms with Gasteiger partial charge in [-0.2, -0.15) is 17.0 Å². The number of hydrogen-bond donors (Lipinski definition) is 0. The minimum absolute atomic E-state index is 0.370. The maximum atomic E-state index is 9.18. The van der Waals surface area contributed by atoms with Gasteiger partial charge >= 0.3 is 0 Å². The molecule has 1 heterocycles. The van der Waals surface area contributed by atoms with Gasteiger partial charge in [0.1, 0.15) is 0 Å². The molecule has 0 aromatic rings. The third kappa shape index (κ3) is 2.02. The average molecular weight is 195 g/mol. The third-order valence-electron chi connectivity index (χ3n) is 3.42. The van der Waals surface area contributed by atoms with Crippen molar-refractivity contribution in [3.8, 4) is 6.07 Å². The van der Waals surface area contributed by atoms with E-state index in [1.807, 2.05) is 11.8 Å². The zero-order valence-electron chi connectivity index (χ0n) is 8.04. The van der Waals surface area contributed by atoms with E-state index in [1.54, 1.807) is 0 Å². The van der Waals surface area contributed by atoms with Gasteiger partial charge in [0.05, 0.1) is 12.0 Å². The molecule has 1 saturated heterocycles. The second kappa shape index (κ2) is 4.37. The molecule has 0 aromatic heterocycles. The van der Waals surface area contributed by atoms with Crippen LogP contribution >= 0.6 is 11.8 Å². The highest BCUT2D eigenvalue weighted by atomic mass is 32.2. The molecule has 0 spiro atoms. The van der Waals surface area contributed by atoms with Crippen LogP contribution in [0.1, 0.15) is 38.5 Å². The Morgan fingerprint density at radius 3 is 2.46 bits per heavy atom. The van der Waals surface area contributed by atoms with Crippen molar-refractivity contribution in [1.29, 1.82) is 5.26 Å². The second-order valence-corrected chi connectivity index (χ2v) is 5.60. The van der Waals surface area contributed by atoms with Crippen LogP contribution < -0.4 is 0 Å². The summed E-state index contributed by atoms with van der Waals surface area (Å²) in [6.07, 6.45) is 7.98. The Morgan fingerprint density at radius 2 is 1.92 bits per heavy atom. The lowest BCUT2D eigenvalue weighted by molar-refractivity contribution is 0.397. The third-order valence-corrected chi connectivity index (χ3v) is 4.90. The van der Waals surface area contributed by atoms with Crippen LogP contribution in [0, 0.1) is 23.2 Å². The van der Waals surface area contributed by atoms with Crippen LogP contribution in [0.2, 0.25) is 0 Å². The molecular weight excluding hydrogens is 178 g/mol. The smallest absolute Gasteiger partial charge is 0.0670 e. The first-order valence-corrected chi connectivity index (χ1v) is 6.48. The lowest BCUT2D eigenvalue weighted by Crippen LogP contribution is -2.20. The topological polar surface area (TPSA) is 23.8 Å². The number of hydrogen-bond acceptors (Lipinski definition) is 2. The van der Waals surface area contributed by atoms with Gasteiger partial charge in [0.2, 0.25) is 0 Å². The minimum Gasteiger partial charge on any atom is -0.198 e. The first-order valence-electron chi connectivity index (χ1n) is 5.43. The van der Waals surface area contributed by atoms with Crippen molar-refractivity contribution in [2.24, 2.45) is 11.8 Å². The Hall–Kier alpha value is -0.160. The summed E-state index contributed by atoms with van der Waals surface area (Å²) >= 11 is 2.04. The first kappa shape index (κ1) is 9.40. The van der Waals surface area contributed by atoms with Crippen LogP contribution in [0.15, 0.2) is 0 Å². The van der Waals surface area contributed by atoms with Gasteiger partial charge in [0.15, 0.2) is 0 Å². The molecule has 1 saturated carbocycles. The van der Waals surface area contributed by atoms with Gasteiger partial charge in [-0.1, -0.05) is 12.8 Å². The van der Waals surface area contributed by atoms with Crippen molar-refractivity contribution in [2.75, 3.05) is 5.75 Å². The zero-order chi connectivity index (χ0) is 9.10. The summed E-state index contributed by atoms with van der Waals surface area (Å²) in [4.78, 5) is 0. The van der Waals surface area contributed by atoms with Gasteiger partial charge in [-0.05, 0) is 37.4 Å². The Labute approximate surface area is 84.9 Å². The van der Waals surface area contributed by atoms with E-state index in [0.717, 1.165) is 5.92 Å². The number of nitrogens with zero attached hydrogens (tertiary/aromatic N) is 1. The first-order chi connectivity index (χ1) is 6.42. The zero-order valence-corrected chi connectivity index (χ0v) is 8.85. The average Bonchev–Trinajstić information content (AvgIpc) is 2.76. The van der Waals surface area contributed by atoms with Crippen LogP contribution in [0.4, 0.5) is 0 Å². The number of thioether (sulfide) groups is 1. The molecule has 0 radical (unpaired) electrons. The molecule has 1 nitrogen and oxygen atoms in total. The maximum absolute atomic E-state index is 9.18. The quantitative estimate of drug-likeness (QED) is 0.675. The normalized spacial score (nSPS) is 31.8. The molecule has 13 heavy (non-hydrogen) atoms. The molecule has 0 aromatic carbocycles. The van der Waals surface area contributed by atoms with E-state index in [9.17, 15) is 5.26 Å². The highest BCUT2D eigenvalue weighted by Gasteiger charge is 2.33. The molecule has 2 heteroatoms. The fourth-order valence-electron chi connectivity index (χ4n) is 2.69. The molecule has 2 fully saturated rings. The summed E-state index contributed by atoms with van der Waals surface area (Å²) in [6, 6.07) is 2.57. The molecule has 0 N–H and O–H groups in total. The Balaban J connectivity index is 1.95. The lowest BCUT2D eigenvalue weighted by Gasteiger charge is -2.21. The predicted octanol–water partition coefficient (Wildman–Crippen LogP) is 3.21. The number of nitriles is 1. The van der Waals surface area contributed by atoms with Gasteiger partial charge in [0, 0.05) is 5.25 Å². The van der Waals surface area contributed by atoms with Crippen molar-refractivity contribution >= 4 is 11.8 Å². The van der Waals surface area contributed by atoms with Gasteiger partial charge in [0.25, 0.3) is 0 Å². The fourth-order valence-corrected chi connectivity index (χ4v) is 4.15. The summed E-state index contributed by atoms with van der Waals surface area (Å²) in [5, 5.41) is 9.86. The van der Waals surface area contributed by atoms with E-state index < -0.39 is 0 Å². The highest BCUT2D eigenvalue weighted by Crippen LogP contribution is 2.41. The van der Waals surface area contributed by atoms with E-state index in [-0.39, 0.29) is 0 Å². The highest BCUT2D eigenvalue weighted by molar-refractivity contribution is 8.00. The Kier molecular flexibility index (Phi) is 3.16. The minimum atomic E-state index is 0.370. The van der Waals surface area contributed by atoms with E-state index in [4.69, 9.17) is 0 Å². The molecular formula is C11H17NS. The van der Waals surface area contributed by atoms with Crippen LogP contribution in [0.3, 0.4) is 0 Å². The largest absolute Gasteiger partial charge is 0.198 e. The van der Waals surface area contributed by atoms with Crippen LogP contribution in [0.5, 0.6) is 0 Å².